The Kier molecular flexibility index (Phi) is 4.16. The smallest absolute Gasteiger partial charge is 0.336 e. The average Bonchev–Trinajstić information content (AvgIpc) is 2.43. The van der Waals surface area contributed by atoms with Crippen molar-refractivity contribution >= 4 is 18.2 Å². The molecular weight excluding hydrogens is 262 g/mol. The number of nitrogens with one attached hydrogen (secondary N) is 4. The van der Waals surface area contributed by atoms with Gasteiger partial charge < -0.3 is 10.4 Å². The van der Waals surface area contributed by atoms with E-state index in [1.807, 2.05) is 6.92 Å². The Balaban J connectivity index is 2.03. The first kappa shape index (κ1) is 13.8. The monoisotopic (exact) mass is 277 g/mol. The second-order valence-electron chi connectivity index (χ2n) is 4.29. The first-order valence-electron chi connectivity index (χ1n) is 6.01. The summed E-state index contributed by atoms with van der Waals surface area (Å²) < 4.78 is 0. The highest BCUT2D eigenvalue weighted by atomic mass is 16.4. The third kappa shape index (κ3) is 3.23. The van der Waals surface area contributed by atoms with Crippen LogP contribution in [0.25, 0.3) is 0 Å². The molecule has 2 atom stereocenters. The molecule has 20 heavy (non-hydrogen) atoms. The van der Waals surface area contributed by atoms with Crippen LogP contribution in [0.3, 0.4) is 0 Å². The van der Waals surface area contributed by atoms with Crippen LogP contribution < -0.4 is 21.6 Å². The zero-order chi connectivity index (χ0) is 14.5. The Labute approximate surface area is 115 Å². The van der Waals surface area contributed by atoms with Crippen LogP contribution in [0, 0.1) is 0 Å². The molecule has 8 nitrogen and oxygen atoms in total. The molecule has 106 valence electrons. The normalized spacial score (nSPS) is 22.1. The fourth-order valence-corrected chi connectivity index (χ4v) is 1.70. The Morgan fingerprint density at radius 2 is 2.20 bits per heavy atom. The van der Waals surface area contributed by atoms with Crippen LogP contribution in [0.1, 0.15) is 22.8 Å². The second-order valence-corrected chi connectivity index (χ2v) is 4.29. The summed E-state index contributed by atoms with van der Waals surface area (Å²) in [5.74, 6) is -1.02. The van der Waals surface area contributed by atoms with Gasteiger partial charge in [0.05, 0.1) is 17.8 Å². The highest BCUT2D eigenvalue weighted by molar-refractivity contribution is 5.98. The van der Waals surface area contributed by atoms with E-state index in [4.69, 9.17) is 5.11 Å². The number of urea groups is 1. The number of carbonyl (C=O) groups excluding carboxylic acids is 1. The molecule has 1 aromatic rings. The van der Waals surface area contributed by atoms with E-state index in [1.165, 1.54) is 12.3 Å². The van der Waals surface area contributed by atoms with Gasteiger partial charge in [0.25, 0.3) is 0 Å². The second kappa shape index (κ2) is 6.02. The van der Waals surface area contributed by atoms with Crippen LogP contribution in [0.4, 0.5) is 4.79 Å². The summed E-state index contributed by atoms with van der Waals surface area (Å²) in [6, 6.07) is 6.08. The van der Waals surface area contributed by atoms with Gasteiger partial charge in [-0.1, -0.05) is 18.2 Å². The van der Waals surface area contributed by atoms with Crippen molar-refractivity contribution in [3.05, 3.63) is 35.4 Å². The third-order valence-electron chi connectivity index (χ3n) is 2.81. The van der Waals surface area contributed by atoms with Crippen molar-refractivity contribution in [1.82, 2.24) is 21.6 Å². The maximum absolute atomic E-state index is 11.1. The van der Waals surface area contributed by atoms with Gasteiger partial charge in [-0.3, -0.25) is 10.9 Å². The molecular formula is C12H15N5O3. The van der Waals surface area contributed by atoms with Gasteiger partial charge in [-0.2, -0.15) is 5.10 Å². The lowest BCUT2D eigenvalue weighted by Crippen LogP contribution is -2.67. The summed E-state index contributed by atoms with van der Waals surface area (Å²) in [6.45, 7) is 1.85. The lowest BCUT2D eigenvalue weighted by Gasteiger charge is -2.30. The molecule has 1 aromatic carbocycles. The first-order valence-corrected chi connectivity index (χ1v) is 6.01. The Bertz CT molecular complexity index is 546. The van der Waals surface area contributed by atoms with Crippen LogP contribution >= 0.6 is 0 Å². The number of hydrogen-bond acceptors (Lipinski definition) is 5. The minimum atomic E-state index is -1.02. The standard InChI is InChI=1S/C12H15N5O3/c1-7-10(14-12(20)17-15-7)16-13-6-8-4-2-3-5-9(8)11(18)19/h2-7,10,15-16H,1H3,(H,18,19)(H2,14,17,20)/b13-6+. The molecule has 0 aliphatic carbocycles. The van der Waals surface area contributed by atoms with Gasteiger partial charge >= 0.3 is 12.0 Å². The van der Waals surface area contributed by atoms with Crippen LogP contribution in [0.5, 0.6) is 0 Å². The van der Waals surface area contributed by atoms with E-state index >= 15 is 0 Å². The van der Waals surface area contributed by atoms with E-state index in [2.05, 4.69) is 26.7 Å². The molecule has 1 saturated heterocycles. The molecule has 2 rings (SSSR count). The summed E-state index contributed by atoms with van der Waals surface area (Å²) in [5, 5.41) is 15.6. The molecule has 2 unspecified atom stereocenters. The van der Waals surface area contributed by atoms with Crippen LogP contribution in [0.15, 0.2) is 29.4 Å². The number of nitrogens with zero attached hydrogens (tertiary/aromatic N) is 1. The highest BCUT2D eigenvalue weighted by Gasteiger charge is 2.23. The van der Waals surface area contributed by atoms with Crippen molar-refractivity contribution < 1.29 is 14.7 Å². The summed E-state index contributed by atoms with van der Waals surface area (Å²) in [4.78, 5) is 22.2. The summed E-state index contributed by atoms with van der Waals surface area (Å²) in [7, 11) is 0. The Morgan fingerprint density at radius 1 is 1.45 bits per heavy atom. The van der Waals surface area contributed by atoms with Crippen LogP contribution in [0.2, 0.25) is 0 Å². The first-order chi connectivity index (χ1) is 9.58. The van der Waals surface area contributed by atoms with Gasteiger partial charge in [0.2, 0.25) is 0 Å². The Morgan fingerprint density at radius 3 is 2.95 bits per heavy atom. The van der Waals surface area contributed by atoms with Gasteiger partial charge in [-0.05, 0) is 13.0 Å². The highest BCUT2D eigenvalue weighted by Crippen LogP contribution is 2.05. The number of benzene rings is 1. The van der Waals surface area contributed by atoms with Crippen molar-refractivity contribution in [3.8, 4) is 0 Å². The molecule has 1 heterocycles. The van der Waals surface area contributed by atoms with Crippen molar-refractivity contribution in [2.75, 3.05) is 0 Å². The summed E-state index contributed by atoms with van der Waals surface area (Å²) >= 11 is 0. The lowest BCUT2D eigenvalue weighted by molar-refractivity contribution is 0.0696. The molecule has 0 spiro atoms. The number of carbonyl (C=O) groups is 2. The number of rotatable bonds is 4. The van der Waals surface area contributed by atoms with E-state index in [0.717, 1.165) is 0 Å². The molecule has 1 aliphatic rings. The van der Waals surface area contributed by atoms with Crippen LogP contribution in [-0.2, 0) is 0 Å². The summed E-state index contributed by atoms with van der Waals surface area (Å²) in [5.41, 5.74) is 8.60. The van der Waals surface area contributed by atoms with Gasteiger partial charge in [0.15, 0.2) is 0 Å². The van der Waals surface area contributed by atoms with E-state index < -0.39 is 12.1 Å². The number of carboxylic acids is 1. The fourth-order valence-electron chi connectivity index (χ4n) is 1.70. The maximum Gasteiger partial charge on any atom is 0.336 e. The van der Waals surface area contributed by atoms with Gasteiger partial charge in [-0.25, -0.2) is 15.0 Å². The van der Waals surface area contributed by atoms with E-state index in [1.54, 1.807) is 18.2 Å². The molecule has 2 amide bonds. The van der Waals surface area contributed by atoms with Crippen molar-refractivity contribution in [3.63, 3.8) is 0 Å². The Hall–Kier alpha value is -2.61. The van der Waals surface area contributed by atoms with Crippen molar-refractivity contribution in [2.24, 2.45) is 5.10 Å². The zero-order valence-electron chi connectivity index (χ0n) is 10.8. The van der Waals surface area contributed by atoms with Crippen molar-refractivity contribution in [1.29, 1.82) is 0 Å². The largest absolute Gasteiger partial charge is 0.478 e. The zero-order valence-corrected chi connectivity index (χ0v) is 10.8. The molecule has 0 saturated carbocycles. The number of hydrazine groups is 1. The maximum atomic E-state index is 11.1. The predicted molar refractivity (Wildman–Crippen MR) is 72.2 cm³/mol. The molecule has 0 bridgehead atoms. The fraction of sp³-hybridized carbons (Fsp3) is 0.250. The third-order valence-corrected chi connectivity index (χ3v) is 2.81. The van der Waals surface area contributed by atoms with E-state index in [0.29, 0.717) is 5.56 Å². The molecule has 5 N–H and O–H groups in total. The molecule has 1 fully saturated rings. The number of hydrogen-bond donors (Lipinski definition) is 5. The van der Waals surface area contributed by atoms with Crippen molar-refractivity contribution in [2.45, 2.75) is 19.1 Å². The number of carboxylic acid groups (broad SMARTS) is 1. The molecule has 1 aliphatic heterocycles. The lowest BCUT2D eigenvalue weighted by atomic mass is 10.1. The minimum absolute atomic E-state index is 0.0837. The molecule has 0 aromatic heterocycles. The van der Waals surface area contributed by atoms with E-state index in [-0.39, 0.29) is 17.6 Å². The topological polar surface area (TPSA) is 115 Å². The van der Waals surface area contributed by atoms with Crippen LogP contribution in [-0.4, -0.2) is 35.5 Å². The summed E-state index contributed by atoms with van der Waals surface area (Å²) in [6.07, 6.45) is 1.02. The predicted octanol–water partition coefficient (Wildman–Crippen LogP) is -0.160. The van der Waals surface area contributed by atoms with E-state index in [9.17, 15) is 9.59 Å². The molecule has 8 heteroatoms. The van der Waals surface area contributed by atoms with Gasteiger partial charge in [0, 0.05) is 5.56 Å². The molecule has 0 radical (unpaired) electrons. The minimum Gasteiger partial charge on any atom is -0.478 e. The average molecular weight is 277 g/mol. The van der Waals surface area contributed by atoms with Gasteiger partial charge in [0.1, 0.15) is 6.17 Å². The number of amides is 2. The van der Waals surface area contributed by atoms with Gasteiger partial charge in [-0.15, -0.1) is 0 Å². The number of hydrazone groups is 1. The number of aromatic carboxylic acids is 1. The quantitative estimate of drug-likeness (QED) is 0.387. The SMILES string of the molecule is CC1NNC(=O)NC1N/N=C/c1ccccc1C(=O)O.